The van der Waals surface area contributed by atoms with Crippen molar-refractivity contribution in [2.24, 2.45) is 0 Å². The first kappa shape index (κ1) is 31.7. The van der Waals surface area contributed by atoms with E-state index in [1.807, 2.05) is 51.1 Å². The minimum atomic E-state index is -3.93. The fraction of sp³-hybridized carbons (Fsp3) is 0.310. The summed E-state index contributed by atoms with van der Waals surface area (Å²) in [6, 6.07) is 19.6. The summed E-state index contributed by atoms with van der Waals surface area (Å²) in [6.45, 7) is 4.95. The van der Waals surface area contributed by atoms with Gasteiger partial charge in [-0.25, -0.2) is 8.42 Å². The van der Waals surface area contributed by atoms with Crippen LogP contribution in [0.2, 0.25) is 15.1 Å². The third-order valence-electron chi connectivity index (χ3n) is 5.94. The van der Waals surface area contributed by atoms with E-state index in [-0.39, 0.29) is 34.6 Å². The number of nitrogens with one attached hydrogen (secondary N) is 1. The number of rotatable bonds is 10. The van der Waals surface area contributed by atoms with Gasteiger partial charge in [-0.1, -0.05) is 83.3 Å². The first-order valence-electron chi connectivity index (χ1n) is 12.5. The average molecular weight is 625 g/mol. The van der Waals surface area contributed by atoms with Gasteiger partial charge in [-0.15, -0.1) is 0 Å². The minimum Gasteiger partial charge on any atom is -0.350 e. The lowest BCUT2D eigenvalue weighted by molar-refractivity contribution is -0.140. The van der Waals surface area contributed by atoms with Gasteiger partial charge in [0.2, 0.25) is 21.8 Å². The van der Waals surface area contributed by atoms with Crippen LogP contribution < -0.4 is 9.62 Å². The van der Waals surface area contributed by atoms with Crippen LogP contribution in [0.4, 0.5) is 5.69 Å². The predicted molar refractivity (Wildman–Crippen MR) is 162 cm³/mol. The molecule has 40 heavy (non-hydrogen) atoms. The summed E-state index contributed by atoms with van der Waals surface area (Å²) < 4.78 is 26.7. The zero-order valence-electron chi connectivity index (χ0n) is 22.7. The average Bonchev–Trinajstić information content (AvgIpc) is 2.86. The number of halogens is 3. The molecule has 2 amide bonds. The Hall–Kier alpha value is -2.78. The maximum absolute atomic E-state index is 14.1. The van der Waals surface area contributed by atoms with E-state index >= 15 is 0 Å². The highest BCUT2D eigenvalue weighted by molar-refractivity contribution is 7.92. The van der Waals surface area contributed by atoms with Crippen molar-refractivity contribution in [3.8, 4) is 0 Å². The molecule has 0 aliphatic carbocycles. The SMILES string of the molecule is CC(C)(C)NC(=O)C(Cc1ccccc1)N(Cc1ccccc1Cl)C(=O)CN(c1ccc(Cl)c(Cl)c1)S(C)(=O)=O. The second-order valence-corrected chi connectivity index (χ2v) is 13.6. The van der Waals surface area contributed by atoms with E-state index in [0.29, 0.717) is 10.6 Å². The molecule has 214 valence electrons. The van der Waals surface area contributed by atoms with Gasteiger partial charge in [0.15, 0.2) is 0 Å². The molecule has 0 saturated heterocycles. The van der Waals surface area contributed by atoms with Gasteiger partial charge in [-0.2, -0.15) is 0 Å². The number of nitrogens with zero attached hydrogens (tertiary/aromatic N) is 2. The summed E-state index contributed by atoms with van der Waals surface area (Å²) in [6.07, 6.45) is 1.19. The van der Waals surface area contributed by atoms with Crippen LogP contribution in [0, 0.1) is 0 Å². The van der Waals surface area contributed by atoms with Crippen LogP contribution >= 0.6 is 34.8 Å². The van der Waals surface area contributed by atoms with Crippen molar-refractivity contribution in [2.75, 3.05) is 17.1 Å². The molecule has 11 heteroatoms. The largest absolute Gasteiger partial charge is 0.350 e. The molecule has 0 saturated carbocycles. The molecule has 0 aliphatic heterocycles. The number of carbonyl (C=O) groups is 2. The van der Waals surface area contributed by atoms with Gasteiger partial charge in [0.05, 0.1) is 22.0 Å². The second-order valence-electron chi connectivity index (χ2n) is 10.4. The molecule has 3 rings (SSSR count). The zero-order valence-corrected chi connectivity index (χ0v) is 25.8. The van der Waals surface area contributed by atoms with Crippen molar-refractivity contribution in [3.05, 3.63) is 99.0 Å². The minimum absolute atomic E-state index is 0.0213. The number of amides is 2. The van der Waals surface area contributed by atoms with E-state index in [4.69, 9.17) is 34.8 Å². The molecule has 0 heterocycles. The Kier molecular flexibility index (Phi) is 10.5. The Morgan fingerprint density at radius 2 is 1.50 bits per heavy atom. The number of benzene rings is 3. The van der Waals surface area contributed by atoms with Crippen LogP contribution in [0.25, 0.3) is 0 Å². The van der Waals surface area contributed by atoms with E-state index in [2.05, 4.69) is 5.32 Å². The van der Waals surface area contributed by atoms with Crippen molar-refractivity contribution >= 4 is 62.3 Å². The number of hydrogen-bond donors (Lipinski definition) is 1. The molecule has 3 aromatic rings. The number of anilines is 1. The Morgan fingerprint density at radius 1 is 0.875 bits per heavy atom. The smallest absolute Gasteiger partial charge is 0.244 e. The Balaban J connectivity index is 2.10. The van der Waals surface area contributed by atoms with Crippen molar-refractivity contribution < 1.29 is 18.0 Å². The van der Waals surface area contributed by atoms with Crippen LogP contribution in [0.3, 0.4) is 0 Å². The first-order valence-corrected chi connectivity index (χ1v) is 15.5. The van der Waals surface area contributed by atoms with Crippen LogP contribution in [-0.2, 0) is 32.6 Å². The zero-order chi connectivity index (χ0) is 29.7. The van der Waals surface area contributed by atoms with Gasteiger partial charge in [0.25, 0.3) is 0 Å². The van der Waals surface area contributed by atoms with E-state index in [9.17, 15) is 18.0 Å². The normalized spacial score (nSPS) is 12.5. The summed E-state index contributed by atoms with van der Waals surface area (Å²) in [7, 11) is -3.93. The monoisotopic (exact) mass is 623 g/mol. The molecular formula is C29H32Cl3N3O4S. The van der Waals surface area contributed by atoms with Gasteiger partial charge in [-0.05, 0) is 56.2 Å². The maximum atomic E-state index is 14.1. The number of sulfonamides is 1. The van der Waals surface area contributed by atoms with E-state index < -0.39 is 34.1 Å². The van der Waals surface area contributed by atoms with E-state index in [0.717, 1.165) is 16.1 Å². The lowest BCUT2D eigenvalue weighted by Gasteiger charge is -2.35. The maximum Gasteiger partial charge on any atom is 0.244 e. The van der Waals surface area contributed by atoms with Crippen LogP contribution in [0.15, 0.2) is 72.8 Å². The fourth-order valence-electron chi connectivity index (χ4n) is 4.07. The van der Waals surface area contributed by atoms with Gasteiger partial charge in [0, 0.05) is 23.5 Å². The standard InChI is InChI=1S/C29H32Cl3N3O4S/c1-29(2,3)33-28(37)26(16-20-10-6-5-7-11-20)34(18-21-12-8-9-13-23(21)30)27(36)19-35(40(4,38)39)22-14-15-24(31)25(32)17-22/h5-15,17,26H,16,18-19H2,1-4H3,(H,33,37). The highest BCUT2D eigenvalue weighted by Gasteiger charge is 2.34. The molecule has 0 bridgehead atoms. The van der Waals surface area contributed by atoms with Crippen molar-refractivity contribution in [1.29, 1.82) is 0 Å². The molecule has 0 aromatic heterocycles. The molecule has 0 radical (unpaired) electrons. The summed E-state index contributed by atoms with van der Waals surface area (Å²) >= 11 is 18.7. The first-order chi connectivity index (χ1) is 18.7. The van der Waals surface area contributed by atoms with Gasteiger partial charge < -0.3 is 10.2 Å². The third kappa shape index (κ3) is 8.86. The molecule has 1 unspecified atom stereocenters. The summed E-state index contributed by atoms with van der Waals surface area (Å²) in [5.41, 5.74) is 1.03. The van der Waals surface area contributed by atoms with Crippen LogP contribution in [0.1, 0.15) is 31.9 Å². The summed E-state index contributed by atoms with van der Waals surface area (Å²) in [5.74, 6) is -0.974. The van der Waals surface area contributed by atoms with Crippen molar-refractivity contribution in [3.63, 3.8) is 0 Å². The Labute approximate surface area is 251 Å². The fourth-order valence-corrected chi connectivity index (χ4v) is 5.40. The Bertz CT molecular complexity index is 1460. The van der Waals surface area contributed by atoms with E-state index in [1.54, 1.807) is 24.3 Å². The molecule has 1 atom stereocenters. The molecular weight excluding hydrogens is 593 g/mol. The molecule has 7 nitrogen and oxygen atoms in total. The third-order valence-corrected chi connectivity index (χ3v) is 8.19. The van der Waals surface area contributed by atoms with Gasteiger partial charge in [-0.3, -0.25) is 13.9 Å². The molecule has 3 aromatic carbocycles. The van der Waals surface area contributed by atoms with Crippen molar-refractivity contribution in [1.82, 2.24) is 10.2 Å². The number of carbonyl (C=O) groups excluding carboxylic acids is 2. The lowest BCUT2D eigenvalue weighted by Crippen LogP contribution is -2.56. The number of hydrogen-bond acceptors (Lipinski definition) is 4. The highest BCUT2D eigenvalue weighted by Crippen LogP contribution is 2.29. The Morgan fingerprint density at radius 3 is 2.08 bits per heavy atom. The topological polar surface area (TPSA) is 86.8 Å². The molecule has 1 N–H and O–H groups in total. The summed E-state index contributed by atoms with van der Waals surface area (Å²) in [5, 5.41) is 3.77. The van der Waals surface area contributed by atoms with E-state index in [1.165, 1.54) is 23.1 Å². The second kappa shape index (κ2) is 13.3. The van der Waals surface area contributed by atoms with Crippen molar-refractivity contribution in [2.45, 2.75) is 45.3 Å². The van der Waals surface area contributed by atoms with Gasteiger partial charge >= 0.3 is 0 Å². The van der Waals surface area contributed by atoms with Crippen LogP contribution in [0.5, 0.6) is 0 Å². The predicted octanol–water partition coefficient (Wildman–Crippen LogP) is 5.97. The molecule has 0 spiro atoms. The quantitative estimate of drug-likeness (QED) is 0.301. The highest BCUT2D eigenvalue weighted by atomic mass is 35.5. The van der Waals surface area contributed by atoms with Crippen LogP contribution in [-0.4, -0.2) is 49.5 Å². The molecule has 0 fully saturated rings. The summed E-state index contributed by atoms with van der Waals surface area (Å²) in [4.78, 5) is 29.2. The molecule has 0 aliphatic rings. The van der Waals surface area contributed by atoms with Gasteiger partial charge in [0.1, 0.15) is 12.6 Å². The lowest BCUT2D eigenvalue weighted by atomic mass is 10.0.